The van der Waals surface area contributed by atoms with Gasteiger partial charge in [-0.3, -0.25) is 14.5 Å². The summed E-state index contributed by atoms with van der Waals surface area (Å²) in [5, 5.41) is 0. The third-order valence-electron chi connectivity index (χ3n) is 2.35. The standard InChI is InChI=1S/C8H9NO3/c1-2-7(10)9-6-4-12-3-5(6)8(9)11/h2,5-6H,1,3-4H2. The second-order valence-corrected chi connectivity index (χ2v) is 2.96. The predicted molar refractivity (Wildman–Crippen MR) is 40.1 cm³/mol. The van der Waals surface area contributed by atoms with Gasteiger partial charge in [-0.1, -0.05) is 6.58 Å². The van der Waals surface area contributed by atoms with Crippen molar-refractivity contribution in [1.29, 1.82) is 0 Å². The maximum Gasteiger partial charge on any atom is 0.252 e. The molecule has 0 aromatic heterocycles. The van der Waals surface area contributed by atoms with Gasteiger partial charge < -0.3 is 4.74 Å². The maximum absolute atomic E-state index is 11.2. The molecule has 0 aromatic carbocycles. The molecule has 0 aromatic rings. The van der Waals surface area contributed by atoms with E-state index in [1.165, 1.54) is 4.90 Å². The molecule has 12 heavy (non-hydrogen) atoms. The first-order valence-corrected chi connectivity index (χ1v) is 3.83. The van der Waals surface area contributed by atoms with Gasteiger partial charge in [0.2, 0.25) is 5.91 Å². The highest BCUT2D eigenvalue weighted by Gasteiger charge is 2.53. The van der Waals surface area contributed by atoms with Crippen LogP contribution in [-0.2, 0) is 14.3 Å². The molecule has 2 heterocycles. The smallest absolute Gasteiger partial charge is 0.252 e. The molecule has 0 N–H and O–H groups in total. The maximum atomic E-state index is 11.2. The fourth-order valence-electron chi connectivity index (χ4n) is 1.66. The number of imide groups is 1. The molecule has 0 saturated carbocycles. The van der Waals surface area contributed by atoms with Crippen LogP contribution in [0.1, 0.15) is 0 Å². The van der Waals surface area contributed by atoms with E-state index in [1.54, 1.807) is 0 Å². The van der Waals surface area contributed by atoms with Crippen LogP contribution in [0, 0.1) is 5.92 Å². The monoisotopic (exact) mass is 167 g/mol. The van der Waals surface area contributed by atoms with Crippen LogP contribution >= 0.6 is 0 Å². The average Bonchev–Trinajstić information content (AvgIpc) is 2.48. The average molecular weight is 167 g/mol. The van der Waals surface area contributed by atoms with Crippen molar-refractivity contribution in [2.75, 3.05) is 13.2 Å². The number of rotatable bonds is 1. The van der Waals surface area contributed by atoms with Gasteiger partial charge in [-0.15, -0.1) is 0 Å². The largest absolute Gasteiger partial charge is 0.378 e. The highest BCUT2D eigenvalue weighted by Crippen LogP contribution is 2.31. The van der Waals surface area contributed by atoms with Gasteiger partial charge >= 0.3 is 0 Å². The van der Waals surface area contributed by atoms with Gasteiger partial charge in [0.25, 0.3) is 5.91 Å². The number of ether oxygens (including phenoxy) is 1. The van der Waals surface area contributed by atoms with Crippen molar-refractivity contribution in [3.8, 4) is 0 Å². The van der Waals surface area contributed by atoms with Crippen molar-refractivity contribution >= 4 is 11.8 Å². The lowest BCUT2D eigenvalue weighted by atomic mass is 9.91. The van der Waals surface area contributed by atoms with Crippen LogP contribution in [0.2, 0.25) is 0 Å². The Bertz CT molecular complexity index is 261. The number of carbonyl (C=O) groups excluding carboxylic acids is 2. The van der Waals surface area contributed by atoms with Gasteiger partial charge in [0.15, 0.2) is 0 Å². The molecule has 2 fully saturated rings. The number of likely N-dealkylation sites (tertiary alicyclic amines) is 1. The van der Waals surface area contributed by atoms with E-state index < -0.39 is 0 Å². The van der Waals surface area contributed by atoms with Crippen LogP contribution in [-0.4, -0.2) is 36.0 Å². The number of hydrogen-bond donors (Lipinski definition) is 0. The summed E-state index contributed by atoms with van der Waals surface area (Å²) in [7, 11) is 0. The summed E-state index contributed by atoms with van der Waals surface area (Å²) in [5.41, 5.74) is 0. The zero-order valence-corrected chi connectivity index (χ0v) is 6.53. The fourth-order valence-corrected chi connectivity index (χ4v) is 1.66. The molecule has 2 unspecified atom stereocenters. The molecule has 2 aliphatic heterocycles. The van der Waals surface area contributed by atoms with E-state index >= 15 is 0 Å². The second-order valence-electron chi connectivity index (χ2n) is 2.96. The molecule has 2 rings (SSSR count). The first-order valence-electron chi connectivity index (χ1n) is 3.83. The fraction of sp³-hybridized carbons (Fsp3) is 0.500. The number of nitrogens with zero attached hydrogens (tertiary/aromatic N) is 1. The Morgan fingerprint density at radius 1 is 1.67 bits per heavy atom. The van der Waals surface area contributed by atoms with E-state index in [-0.39, 0.29) is 23.8 Å². The molecule has 2 aliphatic rings. The van der Waals surface area contributed by atoms with Gasteiger partial charge in [0.05, 0.1) is 25.2 Å². The van der Waals surface area contributed by atoms with Crippen LogP contribution in [0.3, 0.4) is 0 Å². The van der Waals surface area contributed by atoms with E-state index in [1.807, 2.05) is 0 Å². The summed E-state index contributed by atoms with van der Waals surface area (Å²) >= 11 is 0. The van der Waals surface area contributed by atoms with Crippen molar-refractivity contribution < 1.29 is 14.3 Å². The highest BCUT2D eigenvalue weighted by atomic mass is 16.5. The third-order valence-corrected chi connectivity index (χ3v) is 2.35. The van der Waals surface area contributed by atoms with Gasteiger partial charge in [-0.2, -0.15) is 0 Å². The first kappa shape index (κ1) is 7.49. The molecule has 64 valence electrons. The van der Waals surface area contributed by atoms with Gasteiger partial charge in [-0.25, -0.2) is 0 Å². The quantitative estimate of drug-likeness (QED) is 0.393. The SMILES string of the molecule is C=CC(=O)N1C(=O)C2COCC21. The van der Waals surface area contributed by atoms with Crippen molar-refractivity contribution in [3.05, 3.63) is 12.7 Å². The van der Waals surface area contributed by atoms with Crippen LogP contribution < -0.4 is 0 Å². The van der Waals surface area contributed by atoms with Crippen LogP contribution in [0.25, 0.3) is 0 Å². The number of carbonyl (C=O) groups is 2. The van der Waals surface area contributed by atoms with E-state index in [0.717, 1.165) is 6.08 Å². The number of fused-ring (bicyclic) bond motifs is 1. The number of amides is 2. The van der Waals surface area contributed by atoms with Crippen molar-refractivity contribution in [3.63, 3.8) is 0 Å². The summed E-state index contributed by atoms with van der Waals surface area (Å²) in [5.74, 6) is -0.511. The minimum absolute atomic E-state index is 0.0250. The van der Waals surface area contributed by atoms with Crippen LogP contribution in [0.5, 0.6) is 0 Å². The van der Waals surface area contributed by atoms with E-state index in [0.29, 0.717) is 13.2 Å². The third kappa shape index (κ3) is 0.754. The molecule has 4 nitrogen and oxygen atoms in total. The predicted octanol–water partition coefficient (Wildman–Crippen LogP) is -0.444. The number of β-lactam (4-membered cyclic amide) rings is 1. The topological polar surface area (TPSA) is 46.6 Å². The molecule has 0 aliphatic carbocycles. The van der Waals surface area contributed by atoms with Crippen molar-refractivity contribution in [1.82, 2.24) is 4.90 Å². The van der Waals surface area contributed by atoms with Gasteiger partial charge in [-0.05, 0) is 6.08 Å². The first-order chi connectivity index (χ1) is 5.75. The Labute approximate surface area is 69.8 Å². The Hall–Kier alpha value is -1.16. The lowest BCUT2D eigenvalue weighted by Crippen LogP contribution is -2.62. The normalized spacial score (nSPS) is 32.7. The Kier molecular flexibility index (Phi) is 1.51. The van der Waals surface area contributed by atoms with Crippen molar-refractivity contribution in [2.24, 2.45) is 5.92 Å². The molecular formula is C8H9NO3. The van der Waals surface area contributed by atoms with Crippen LogP contribution in [0.4, 0.5) is 0 Å². The van der Waals surface area contributed by atoms with E-state index in [2.05, 4.69) is 6.58 Å². The molecule has 0 spiro atoms. The zero-order valence-electron chi connectivity index (χ0n) is 6.53. The van der Waals surface area contributed by atoms with Crippen molar-refractivity contribution in [2.45, 2.75) is 6.04 Å². The Morgan fingerprint density at radius 2 is 2.42 bits per heavy atom. The van der Waals surface area contributed by atoms with Gasteiger partial charge in [0.1, 0.15) is 0 Å². The van der Waals surface area contributed by atoms with Crippen LogP contribution in [0.15, 0.2) is 12.7 Å². The molecule has 4 heteroatoms. The summed E-state index contributed by atoms with van der Waals surface area (Å²) in [6.45, 7) is 4.27. The van der Waals surface area contributed by atoms with E-state index in [9.17, 15) is 9.59 Å². The lowest BCUT2D eigenvalue weighted by molar-refractivity contribution is -0.160. The molecule has 0 radical (unpaired) electrons. The lowest BCUT2D eigenvalue weighted by Gasteiger charge is -2.39. The summed E-state index contributed by atoms with van der Waals surface area (Å²) in [6.07, 6.45) is 1.16. The highest BCUT2D eigenvalue weighted by molar-refractivity contribution is 6.06. The second kappa shape index (κ2) is 2.42. The molecule has 2 amide bonds. The van der Waals surface area contributed by atoms with Gasteiger partial charge in [0, 0.05) is 0 Å². The summed E-state index contributed by atoms with van der Waals surface area (Å²) in [6, 6.07) is -0.0250. The molecule has 0 bridgehead atoms. The Balaban J connectivity index is 2.14. The number of hydrogen-bond acceptors (Lipinski definition) is 3. The van der Waals surface area contributed by atoms with E-state index in [4.69, 9.17) is 4.74 Å². The molecule has 2 saturated heterocycles. The minimum Gasteiger partial charge on any atom is -0.378 e. The summed E-state index contributed by atoms with van der Waals surface area (Å²) in [4.78, 5) is 23.5. The molecule has 2 atom stereocenters. The molecular weight excluding hydrogens is 158 g/mol. The summed E-state index contributed by atoms with van der Waals surface area (Å²) < 4.78 is 5.08. The zero-order chi connectivity index (χ0) is 8.72. The minimum atomic E-state index is -0.313. The Morgan fingerprint density at radius 3 is 3.08 bits per heavy atom.